The minimum Gasteiger partial charge on any atom is -0.456 e. The first-order chi connectivity index (χ1) is 31.9. The highest BCUT2D eigenvalue weighted by atomic mass is 32.1. The van der Waals surface area contributed by atoms with E-state index >= 15 is 0 Å². The summed E-state index contributed by atoms with van der Waals surface area (Å²) in [6, 6.07) is 58.1. The summed E-state index contributed by atoms with van der Waals surface area (Å²) in [6.07, 6.45) is 0. The first-order valence-electron chi connectivity index (χ1n) is 22.9. The molecule has 7 aromatic carbocycles. The van der Waals surface area contributed by atoms with Crippen molar-refractivity contribution in [2.24, 2.45) is 0 Å². The van der Waals surface area contributed by atoms with E-state index in [4.69, 9.17) is 8.83 Å². The number of nitrogens with zero attached hydrogens (tertiary/aromatic N) is 2. The Morgan fingerprint density at radius 3 is 1.36 bits per heavy atom. The zero-order valence-corrected chi connectivity index (χ0v) is 39.7. The molecule has 0 saturated heterocycles. The molecule has 0 amide bonds. The fourth-order valence-electron chi connectivity index (χ4n) is 10.4. The molecule has 66 heavy (non-hydrogen) atoms. The van der Waals surface area contributed by atoms with E-state index in [0.717, 1.165) is 56.0 Å². The fraction of sp³-hybridized carbons (Fsp3) is 0.153. The van der Waals surface area contributed by atoms with Crippen LogP contribution in [0.3, 0.4) is 0 Å². The standard InChI is InChI=1S/C59H47BN2O2S2/c1-34-26-45-53-46(27-34)62(42-19-13-17-36(29-42)50-31-38-15-9-11-21-48(38)64-50)55-44-33-40(59(5,6)7)23-25-52(44)66-57(55)60(53)56-54(43-32-39(58(2,3)4)22-24-51(43)65-56)61(45)41-18-12-16-35(28-41)49-30-37-14-8-10-20-47(37)63-49/h8-33H,1-7H3. The van der Waals surface area contributed by atoms with Crippen molar-refractivity contribution in [3.05, 3.63) is 174 Å². The smallest absolute Gasteiger partial charge is 0.277 e. The third-order valence-electron chi connectivity index (χ3n) is 13.8. The van der Waals surface area contributed by atoms with Gasteiger partial charge in [-0.3, -0.25) is 0 Å². The van der Waals surface area contributed by atoms with Crippen LogP contribution in [-0.4, -0.2) is 6.71 Å². The van der Waals surface area contributed by atoms with Crippen LogP contribution in [0.15, 0.2) is 167 Å². The molecule has 4 aromatic heterocycles. The molecule has 0 bridgehead atoms. The van der Waals surface area contributed by atoms with Crippen LogP contribution in [0.4, 0.5) is 34.1 Å². The predicted octanol–water partition coefficient (Wildman–Crippen LogP) is 15.9. The normalized spacial score (nSPS) is 13.6. The van der Waals surface area contributed by atoms with E-state index in [2.05, 4.69) is 192 Å². The van der Waals surface area contributed by atoms with E-state index in [1.54, 1.807) is 0 Å². The molecule has 2 aliphatic heterocycles. The number of anilines is 6. The van der Waals surface area contributed by atoms with Crippen LogP contribution in [0.2, 0.25) is 0 Å². The Bertz CT molecular complexity index is 3490. The van der Waals surface area contributed by atoms with Crippen LogP contribution in [0.1, 0.15) is 58.2 Å². The van der Waals surface area contributed by atoms with E-state index in [-0.39, 0.29) is 17.5 Å². The maximum atomic E-state index is 6.52. The van der Waals surface area contributed by atoms with Crippen LogP contribution in [0.5, 0.6) is 0 Å². The monoisotopic (exact) mass is 890 g/mol. The number of fused-ring (bicyclic) bond motifs is 10. The summed E-state index contributed by atoms with van der Waals surface area (Å²) < 4.78 is 18.4. The highest BCUT2D eigenvalue weighted by Gasteiger charge is 2.47. The number of para-hydroxylation sites is 2. The summed E-state index contributed by atoms with van der Waals surface area (Å²) in [4.78, 5) is 5.16. The third kappa shape index (κ3) is 6.02. The van der Waals surface area contributed by atoms with Gasteiger partial charge in [-0.2, -0.15) is 0 Å². The lowest BCUT2D eigenvalue weighted by Gasteiger charge is -2.42. The number of rotatable bonds is 4. The Labute approximate surface area is 393 Å². The van der Waals surface area contributed by atoms with Crippen molar-refractivity contribution in [2.45, 2.75) is 59.3 Å². The molecule has 4 nitrogen and oxygen atoms in total. The average Bonchev–Trinajstić information content (AvgIpc) is 4.11. The molecule has 2 aliphatic rings. The zero-order valence-electron chi connectivity index (χ0n) is 38.1. The van der Waals surface area contributed by atoms with Crippen LogP contribution in [0, 0.1) is 6.92 Å². The second-order valence-electron chi connectivity index (χ2n) is 20.3. The van der Waals surface area contributed by atoms with Gasteiger partial charge in [0.2, 0.25) is 0 Å². The molecular formula is C59H47BN2O2S2. The Morgan fingerprint density at radius 1 is 0.470 bits per heavy atom. The summed E-state index contributed by atoms with van der Waals surface area (Å²) in [5, 5.41) is 4.80. The van der Waals surface area contributed by atoms with Gasteiger partial charge in [-0.15, -0.1) is 22.7 Å². The van der Waals surface area contributed by atoms with E-state index in [1.165, 1.54) is 74.6 Å². The quantitative estimate of drug-likeness (QED) is 0.165. The zero-order chi connectivity index (χ0) is 44.8. The summed E-state index contributed by atoms with van der Waals surface area (Å²) in [5.41, 5.74) is 16.2. The Hall–Kier alpha value is -6.80. The largest absolute Gasteiger partial charge is 0.456 e. The molecule has 0 unspecified atom stereocenters. The Kier molecular flexibility index (Phi) is 8.45. The van der Waals surface area contributed by atoms with Crippen molar-refractivity contribution < 1.29 is 8.83 Å². The molecule has 6 heterocycles. The topological polar surface area (TPSA) is 32.8 Å². The number of hydrogen-bond acceptors (Lipinski definition) is 6. The molecule has 13 rings (SSSR count). The van der Waals surface area contributed by atoms with Crippen molar-refractivity contribution in [2.75, 3.05) is 9.80 Å². The third-order valence-corrected chi connectivity index (χ3v) is 16.2. The van der Waals surface area contributed by atoms with Crippen molar-refractivity contribution in [3.63, 3.8) is 0 Å². The first kappa shape index (κ1) is 39.6. The highest BCUT2D eigenvalue weighted by Crippen LogP contribution is 2.52. The lowest BCUT2D eigenvalue weighted by molar-refractivity contribution is 0.591. The van der Waals surface area contributed by atoms with E-state index < -0.39 is 0 Å². The second kappa shape index (κ2) is 14.1. The van der Waals surface area contributed by atoms with Crippen molar-refractivity contribution >= 4 is 121 Å². The van der Waals surface area contributed by atoms with E-state index in [0.29, 0.717) is 0 Å². The van der Waals surface area contributed by atoms with Gasteiger partial charge in [0.1, 0.15) is 22.7 Å². The van der Waals surface area contributed by atoms with Crippen molar-refractivity contribution in [1.82, 2.24) is 0 Å². The number of furan rings is 2. The van der Waals surface area contributed by atoms with Gasteiger partial charge in [0, 0.05) is 74.4 Å². The Morgan fingerprint density at radius 2 is 0.924 bits per heavy atom. The molecular weight excluding hydrogens is 844 g/mol. The van der Waals surface area contributed by atoms with Crippen molar-refractivity contribution in [3.8, 4) is 22.6 Å². The molecule has 7 heteroatoms. The second-order valence-corrected chi connectivity index (χ2v) is 22.4. The van der Waals surface area contributed by atoms with Gasteiger partial charge in [0.25, 0.3) is 6.71 Å². The van der Waals surface area contributed by atoms with Gasteiger partial charge in [0.05, 0.1) is 11.4 Å². The lowest BCUT2D eigenvalue weighted by atomic mass is 9.39. The molecule has 11 aromatic rings. The molecule has 0 radical (unpaired) electrons. The van der Waals surface area contributed by atoms with Crippen LogP contribution in [-0.2, 0) is 10.8 Å². The molecule has 0 fully saturated rings. The van der Waals surface area contributed by atoms with Gasteiger partial charge < -0.3 is 18.6 Å². The molecule has 0 aliphatic carbocycles. The van der Waals surface area contributed by atoms with Crippen LogP contribution >= 0.6 is 22.7 Å². The molecule has 320 valence electrons. The van der Waals surface area contributed by atoms with E-state index in [1.807, 2.05) is 46.9 Å². The highest BCUT2D eigenvalue weighted by molar-refractivity contribution is 7.40. The van der Waals surface area contributed by atoms with Gasteiger partial charge in [-0.05, 0) is 125 Å². The molecule has 0 atom stereocenters. The fourth-order valence-corrected chi connectivity index (χ4v) is 13.1. The summed E-state index contributed by atoms with van der Waals surface area (Å²) in [5.74, 6) is 1.73. The van der Waals surface area contributed by atoms with Crippen LogP contribution in [0.25, 0.3) is 64.8 Å². The molecule has 0 N–H and O–H groups in total. The van der Waals surface area contributed by atoms with Crippen LogP contribution < -0.4 is 24.8 Å². The van der Waals surface area contributed by atoms with Crippen molar-refractivity contribution in [1.29, 1.82) is 0 Å². The van der Waals surface area contributed by atoms with E-state index in [9.17, 15) is 0 Å². The maximum absolute atomic E-state index is 6.52. The average molecular weight is 891 g/mol. The number of aryl methyl sites for hydroxylation is 1. The SMILES string of the molecule is Cc1cc2c3c(c1)N(c1cccc(-c4cc5ccccc5o4)c1)c1c(sc4ccc(C(C)(C)C)cc14)B3c1sc3ccc(C(C)(C)C)cc3c1N2c1cccc(-c2cc3ccccc3o2)c1. The van der Waals surface area contributed by atoms with Gasteiger partial charge >= 0.3 is 0 Å². The summed E-state index contributed by atoms with van der Waals surface area (Å²) in [7, 11) is 0. The van der Waals surface area contributed by atoms with Gasteiger partial charge in [-0.1, -0.05) is 114 Å². The first-order valence-corrected chi connectivity index (χ1v) is 24.6. The number of thiophene rings is 2. The maximum Gasteiger partial charge on any atom is 0.277 e. The molecule has 0 saturated carbocycles. The number of benzene rings is 7. The minimum atomic E-state index is -0.0168. The summed E-state index contributed by atoms with van der Waals surface area (Å²) >= 11 is 3.92. The predicted molar refractivity (Wildman–Crippen MR) is 284 cm³/mol. The van der Waals surface area contributed by atoms with Gasteiger partial charge in [-0.25, -0.2) is 0 Å². The summed E-state index contributed by atoms with van der Waals surface area (Å²) in [6.45, 7) is 16.2. The minimum absolute atomic E-state index is 0.0168. The van der Waals surface area contributed by atoms with Gasteiger partial charge in [0.15, 0.2) is 0 Å². The molecule has 0 spiro atoms. The lowest BCUT2D eigenvalue weighted by Crippen LogP contribution is -2.59. The Balaban J connectivity index is 1.11. The number of hydrogen-bond donors (Lipinski definition) is 0.